The summed E-state index contributed by atoms with van der Waals surface area (Å²) in [5.41, 5.74) is 0.837. The predicted octanol–water partition coefficient (Wildman–Crippen LogP) is 3.16. The van der Waals surface area contributed by atoms with E-state index in [0.717, 1.165) is 10.0 Å². The summed E-state index contributed by atoms with van der Waals surface area (Å²) in [7, 11) is 3.14. The molecule has 1 N–H and O–H groups in total. The summed E-state index contributed by atoms with van der Waals surface area (Å²) >= 11 is 3.34. The Morgan fingerprint density at radius 2 is 1.83 bits per heavy atom. The van der Waals surface area contributed by atoms with Gasteiger partial charge in [-0.3, -0.25) is 4.79 Å². The number of ether oxygens (including phenoxy) is 3. The van der Waals surface area contributed by atoms with Crippen molar-refractivity contribution in [1.29, 1.82) is 0 Å². The molecule has 2 aromatic carbocycles. The quantitative estimate of drug-likeness (QED) is 0.802. The average molecular weight is 380 g/mol. The van der Waals surface area contributed by atoms with Crippen molar-refractivity contribution < 1.29 is 19.0 Å². The van der Waals surface area contributed by atoms with Crippen molar-refractivity contribution in [3.8, 4) is 17.2 Å². The fourth-order valence-corrected chi connectivity index (χ4v) is 2.28. The Balaban J connectivity index is 1.88. The van der Waals surface area contributed by atoms with Crippen LogP contribution in [-0.4, -0.2) is 26.7 Å². The Bertz CT molecular complexity index is 658. The Kier molecular flexibility index (Phi) is 6.29. The highest BCUT2D eigenvalue weighted by molar-refractivity contribution is 9.10. The van der Waals surface area contributed by atoms with Gasteiger partial charge >= 0.3 is 0 Å². The maximum Gasteiger partial charge on any atom is 0.258 e. The smallest absolute Gasteiger partial charge is 0.258 e. The first kappa shape index (κ1) is 17.1. The lowest BCUT2D eigenvalue weighted by atomic mass is 10.2. The molecule has 0 heterocycles. The number of hydrogen-bond acceptors (Lipinski definition) is 4. The molecule has 0 aliphatic carbocycles. The summed E-state index contributed by atoms with van der Waals surface area (Å²) in [5, 5.41) is 2.80. The Morgan fingerprint density at radius 3 is 2.48 bits per heavy atom. The van der Waals surface area contributed by atoms with E-state index in [2.05, 4.69) is 21.2 Å². The molecular formula is C17H18BrNO4. The molecule has 23 heavy (non-hydrogen) atoms. The van der Waals surface area contributed by atoms with Crippen LogP contribution in [0.1, 0.15) is 5.56 Å². The summed E-state index contributed by atoms with van der Waals surface area (Å²) in [6.07, 6.45) is 0. The van der Waals surface area contributed by atoms with Gasteiger partial charge in [0.05, 0.1) is 14.2 Å². The fraction of sp³-hybridized carbons (Fsp3) is 0.235. The second-order valence-electron chi connectivity index (χ2n) is 4.67. The van der Waals surface area contributed by atoms with Crippen molar-refractivity contribution in [2.45, 2.75) is 6.54 Å². The maximum absolute atomic E-state index is 11.9. The first-order valence-corrected chi connectivity index (χ1v) is 7.78. The number of amides is 1. The number of carbonyl (C=O) groups excluding carboxylic acids is 1. The van der Waals surface area contributed by atoms with Crippen LogP contribution in [0.4, 0.5) is 0 Å². The minimum Gasteiger partial charge on any atom is -0.493 e. The molecule has 5 nitrogen and oxygen atoms in total. The van der Waals surface area contributed by atoms with E-state index in [1.54, 1.807) is 32.4 Å². The SMILES string of the molecule is COc1cccc(CNC(=O)COc2ccc(Br)cc2)c1OC. The summed E-state index contributed by atoms with van der Waals surface area (Å²) in [6.45, 7) is 0.289. The van der Waals surface area contributed by atoms with Gasteiger partial charge in [0.15, 0.2) is 18.1 Å². The number of methoxy groups -OCH3 is 2. The lowest BCUT2D eigenvalue weighted by molar-refractivity contribution is -0.123. The van der Waals surface area contributed by atoms with E-state index >= 15 is 0 Å². The van der Waals surface area contributed by atoms with E-state index in [4.69, 9.17) is 14.2 Å². The highest BCUT2D eigenvalue weighted by Gasteiger charge is 2.10. The lowest BCUT2D eigenvalue weighted by Gasteiger charge is -2.13. The van der Waals surface area contributed by atoms with Crippen molar-refractivity contribution >= 4 is 21.8 Å². The van der Waals surface area contributed by atoms with E-state index in [-0.39, 0.29) is 12.5 Å². The van der Waals surface area contributed by atoms with Crippen LogP contribution >= 0.6 is 15.9 Å². The molecule has 6 heteroatoms. The molecule has 0 radical (unpaired) electrons. The van der Waals surface area contributed by atoms with E-state index in [1.807, 2.05) is 24.3 Å². The second kappa shape index (κ2) is 8.43. The third-order valence-electron chi connectivity index (χ3n) is 3.14. The molecule has 0 saturated carbocycles. The van der Waals surface area contributed by atoms with Crippen molar-refractivity contribution in [3.63, 3.8) is 0 Å². The Hall–Kier alpha value is -2.21. The molecular weight excluding hydrogens is 362 g/mol. The first-order valence-electron chi connectivity index (χ1n) is 6.99. The van der Waals surface area contributed by atoms with E-state index in [0.29, 0.717) is 23.8 Å². The molecule has 0 spiro atoms. The molecule has 0 fully saturated rings. The van der Waals surface area contributed by atoms with E-state index < -0.39 is 0 Å². The number of para-hydroxylation sites is 1. The van der Waals surface area contributed by atoms with Crippen LogP contribution in [0.5, 0.6) is 17.2 Å². The zero-order chi connectivity index (χ0) is 16.7. The molecule has 0 aliphatic rings. The molecule has 0 unspecified atom stereocenters. The molecule has 122 valence electrons. The van der Waals surface area contributed by atoms with Crippen LogP contribution in [0, 0.1) is 0 Å². The normalized spacial score (nSPS) is 10.0. The van der Waals surface area contributed by atoms with E-state index in [1.165, 1.54) is 0 Å². The van der Waals surface area contributed by atoms with Crippen LogP contribution in [0.25, 0.3) is 0 Å². The van der Waals surface area contributed by atoms with Crippen molar-refractivity contribution in [1.82, 2.24) is 5.32 Å². The van der Waals surface area contributed by atoms with Gasteiger partial charge in [-0.05, 0) is 30.3 Å². The summed E-state index contributed by atoms with van der Waals surface area (Å²) in [6, 6.07) is 12.8. The number of rotatable bonds is 7. The molecule has 0 aromatic heterocycles. The minimum atomic E-state index is -0.210. The van der Waals surface area contributed by atoms with E-state index in [9.17, 15) is 4.79 Å². The molecule has 2 aromatic rings. The number of nitrogens with one attached hydrogen (secondary N) is 1. The van der Waals surface area contributed by atoms with Gasteiger partial charge in [0.25, 0.3) is 5.91 Å². The minimum absolute atomic E-state index is 0.0477. The van der Waals surface area contributed by atoms with Crippen LogP contribution in [0.2, 0.25) is 0 Å². The topological polar surface area (TPSA) is 56.8 Å². The van der Waals surface area contributed by atoms with Crippen LogP contribution in [0.15, 0.2) is 46.9 Å². The van der Waals surface area contributed by atoms with Gasteiger partial charge in [-0.25, -0.2) is 0 Å². The second-order valence-corrected chi connectivity index (χ2v) is 5.59. The molecule has 0 bridgehead atoms. The molecule has 0 saturated heterocycles. The van der Waals surface area contributed by atoms with Crippen molar-refractivity contribution in [2.24, 2.45) is 0 Å². The maximum atomic E-state index is 11.9. The van der Waals surface area contributed by atoms with Gasteiger partial charge < -0.3 is 19.5 Å². The van der Waals surface area contributed by atoms with Gasteiger partial charge in [0, 0.05) is 16.6 Å². The fourth-order valence-electron chi connectivity index (χ4n) is 2.02. The first-order chi connectivity index (χ1) is 11.1. The third kappa shape index (κ3) is 4.89. The monoisotopic (exact) mass is 379 g/mol. The van der Waals surface area contributed by atoms with Gasteiger partial charge in [0.1, 0.15) is 5.75 Å². The number of benzene rings is 2. The molecule has 1 amide bonds. The summed E-state index contributed by atoms with van der Waals surface area (Å²) in [4.78, 5) is 11.9. The van der Waals surface area contributed by atoms with Gasteiger partial charge in [-0.15, -0.1) is 0 Å². The van der Waals surface area contributed by atoms with Gasteiger partial charge in [-0.2, -0.15) is 0 Å². The zero-order valence-corrected chi connectivity index (χ0v) is 14.6. The third-order valence-corrected chi connectivity index (χ3v) is 3.67. The summed E-state index contributed by atoms with van der Waals surface area (Å²) in [5.74, 6) is 1.68. The largest absolute Gasteiger partial charge is 0.493 e. The number of hydrogen-bond donors (Lipinski definition) is 1. The molecule has 0 aliphatic heterocycles. The highest BCUT2D eigenvalue weighted by atomic mass is 79.9. The Labute approximate surface area is 143 Å². The van der Waals surface area contributed by atoms with Crippen LogP contribution < -0.4 is 19.5 Å². The van der Waals surface area contributed by atoms with Gasteiger partial charge in [0.2, 0.25) is 0 Å². The highest BCUT2D eigenvalue weighted by Crippen LogP contribution is 2.30. The zero-order valence-electron chi connectivity index (χ0n) is 13.0. The predicted molar refractivity (Wildman–Crippen MR) is 91.0 cm³/mol. The number of carbonyl (C=O) groups is 1. The van der Waals surface area contributed by atoms with Gasteiger partial charge in [-0.1, -0.05) is 28.1 Å². The van der Waals surface area contributed by atoms with Crippen LogP contribution in [0.3, 0.4) is 0 Å². The van der Waals surface area contributed by atoms with Crippen LogP contribution in [-0.2, 0) is 11.3 Å². The summed E-state index contributed by atoms with van der Waals surface area (Å²) < 4.78 is 16.9. The number of halogens is 1. The standard InChI is InChI=1S/C17H18BrNO4/c1-21-15-5-3-4-12(17(15)22-2)10-19-16(20)11-23-14-8-6-13(18)7-9-14/h3-9H,10-11H2,1-2H3,(H,19,20). The van der Waals surface area contributed by atoms with Crippen molar-refractivity contribution in [2.75, 3.05) is 20.8 Å². The lowest BCUT2D eigenvalue weighted by Crippen LogP contribution is -2.28. The molecule has 0 atom stereocenters. The Morgan fingerprint density at radius 1 is 1.09 bits per heavy atom. The molecule has 2 rings (SSSR count). The van der Waals surface area contributed by atoms with Crippen molar-refractivity contribution in [3.05, 3.63) is 52.5 Å². The average Bonchev–Trinajstić information content (AvgIpc) is 2.58.